The van der Waals surface area contributed by atoms with E-state index >= 15 is 0 Å². The average molecular weight is 441 g/mol. The molecule has 0 bridgehead atoms. The third-order valence-electron chi connectivity index (χ3n) is 5.44. The highest BCUT2D eigenvalue weighted by atomic mass is 16.5. The Morgan fingerprint density at radius 2 is 1.91 bits per heavy atom. The largest absolute Gasteiger partial charge is 0.497 e. The average Bonchev–Trinajstić information content (AvgIpc) is 3.22. The molecule has 1 saturated heterocycles. The van der Waals surface area contributed by atoms with Crippen LogP contribution in [0.2, 0.25) is 0 Å². The van der Waals surface area contributed by atoms with E-state index < -0.39 is 5.92 Å². The van der Waals surface area contributed by atoms with E-state index in [0.29, 0.717) is 31.1 Å². The molecule has 1 aliphatic rings. The highest BCUT2D eigenvalue weighted by Crippen LogP contribution is 2.39. The second-order valence-electron chi connectivity index (χ2n) is 8.94. The zero-order valence-corrected chi connectivity index (χ0v) is 19.3. The minimum atomic E-state index is -0.424. The molecular formula is C24H32N4O4. The number of methoxy groups -OCH3 is 2. The molecule has 2 heterocycles. The van der Waals surface area contributed by atoms with Gasteiger partial charge < -0.3 is 25.0 Å². The number of amides is 3. The van der Waals surface area contributed by atoms with Crippen molar-refractivity contribution >= 4 is 11.9 Å². The van der Waals surface area contributed by atoms with Gasteiger partial charge in [-0.05, 0) is 39.0 Å². The van der Waals surface area contributed by atoms with Crippen molar-refractivity contribution in [2.75, 3.05) is 27.3 Å². The maximum absolute atomic E-state index is 13.2. The molecule has 0 radical (unpaired) electrons. The summed E-state index contributed by atoms with van der Waals surface area (Å²) in [6, 6.07) is 11.0. The van der Waals surface area contributed by atoms with Crippen molar-refractivity contribution in [3.05, 3.63) is 53.9 Å². The zero-order valence-electron chi connectivity index (χ0n) is 19.3. The van der Waals surface area contributed by atoms with E-state index in [1.807, 2.05) is 51.1 Å². The standard InChI is InChI=1S/C24H32N4O4/c1-24(2,3)27-23(30)28-14-19(18-10-9-17(31-4)12-21(18)32-5)20(15-28)22(29)26-13-16-8-6-7-11-25-16/h6-12,19-20H,13-15H2,1-5H3,(H,26,29)(H,27,30). The topological polar surface area (TPSA) is 92.8 Å². The first-order valence-electron chi connectivity index (χ1n) is 10.7. The monoisotopic (exact) mass is 440 g/mol. The highest BCUT2D eigenvalue weighted by molar-refractivity contribution is 5.83. The summed E-state index contributed by atoms with van der Waals surface area (Å²) in [7, 11) is 3.18. The number of aromatic nitrogens is 1. The SMILES string of the molecule is COc1ccc(C2CN(C(=O)NC(C)(C)C)CC2C(=O)NCc2ccccn2)c(OC)c1. The number of hydrogen-bond acceptors (Lipinski definition) is 5. The van der Waals surface area contributed by atoms with Gasteiger partial charge in [0.1, 0.15) is 11.5 Å². The molecule has 0 spiro atoms. The van der Waals surface area contributed by atoms with Crippen molar-refractivity contribution < 1.29 is 19.1 Å². The number of nitrogens with zero attached hydrogens (tertiary/aromatic N) is 2. The molecule has 2 N–H and O–H groups in total. The van der Waals surface area contributed by atoms with Gasteiger partial charge in [0.15, 0.2) is 0 Å². The van der Waals surface area contributed by atoms with Crippen molar-refractivity contribution in [3.63, 3.8) is 0 Å². The van der Waals surface area contributed by atoms with Crippen molar-refractivity contribution in [3.8, 4) is 11.5 Å². The van der Waals surface area contributed by atoms with Gasteiger partial charge in [0.2, 0.25) is 5.91 Å². The molecule has 1 aliphatic heterocycles. The van der Waals surface area contributed by atoms with E-state index in [4.69, 9.17) is 9.47 Å². The van der Waals surface area contributed by atoms with Crippen LogP contribution in [0.1, 0.15) is 37.9 Å². The fraction of sp³-hybridized carbons (Fsp3) is 0.458. The second kappa shape index (κ2) is 9.89. The van der Waals surface area contributed by atoms with Crippen LogP contribution in [0, 0.1) is 5.92 Å². The third kappa shape index (κ3) is 5.69. The molecule has 8 nitrogen and oxygen atoms in total. The van der Waals surface area contributed by atoms with E-state index in [-0.39, 0.29) is 23.4 Å². The number of hydrogen-bond donors (Lipinski definition) is 2. The van der Waals surface area contributed by atoms with Gasteiger partial charge >= 0.3 is 6.03 Å². The quantitative estimate of drug-likeness (QED) is 0.721. The zero-order chi connectivity index (χ0) is 23.3. The summed E-state index contributed by atoms with van der Waals surface area (Å²) in [6.45, 7) is 6.85. The molecular weight excluding hydrogens is 408 g/mol. The molecule has 1 fully saturated rings. The molecule has 2 aromatic rings. The van der Waals surface area contributed by atoms with Gasteiger partial charge in [-0.25, -0.2) is 4.79 Å². The van der Waals surface area contributed by atoms with Gasteiger partial charge in [-0.15, -0.1) is 0 Å². The lowest BCUT2D eigenvalue weighted by Crippen LogP contribution is -2.48. The molecule has 1 aromatic heterocycles. The smallest absolute Gasteiger partial charge is 0.317 e. The summed E-state index contributed by atoms with van der Waals surface area (Å²) in [5.41, 5.74) is 1.28. The fourth-order valence-electron chi connectivity index (χ4n) is 3.89. The van der Waals surface area contributed by atoms with E-state index in [9.17, 15) is 9.59 Å². The normalized spacial score (nSPS) is 18.2. The molecule has 1 aromatic carbocycles. The molecule has 172 valence electrons. The molecule has 2 atom stereocenters. The van der Waals surface area contributed by atoms with Gasteiger partial charge in [-0.1, -0.05) is 12.1 Å². The van der Waals surface area contributed by atoms with Crippen molar-refractivity contribution in [2.45, 2.75) is 38.8 Å². The summed E-state index contributed by atoms with van der Waals surface area (Å²) < 4.78 is 10.9. The van der Waals surface area contributed by atoms with Gasteiger partial charge in [0.05, 0.1) is 32.4 Å². The maximum Gasteiger partial charge on any atom is 0.317 e. The molecule has 0 saturated carbocycles. The van der Waals surface area contributed by atoms with E-state index in [2.05, 4.69) is 15.6 Å². The summed E-state index contributed by atoms with van der Waals surface area (Å²) in [5, 5.41) is 5.97. The van der Waals surface area contributed by atoms with Crippen LogP contribution in [0.25, 0.3) is 0 Å². The number of ether oxygens (including phenoxy) is 2. The number of urea groups is 1. The summed E-state index contributed by atoms with van der Waals surface area (Å²) in [6.07, 6.45) is 1.70. The van der Waals surface area contributed by atoms with Gasteiger partial charge in [-0.2, -0.15) is 0 Å². The minimum Gasteiger partial charge on any atom is -0.497 e. The van der Waals surface area contributed by atoms with Crippen molar-refractivity contribution in [1.82, 2.24) is 20.5 Å². The van der Waals surface area contributed by atoms with Crippen LogP contribution in [-0.4, -0.2) is 54.7 Å². The predicted molar refractivity (Wildman–Crippen MR) is 122 cm³/mol. The number of benzene rings is 1. The maximum atomic E-state index is 13.2. The molecule has 0 aliphatic carbocycles. The van der Waals surface area contributed by atoms with Gasteiger partial charge in [0.25, 0.3) is 0 Å². The van der Waals surface area contributed by atoms with Crippen LogP contribution in [0.4, 0.5) is 4.79 Å². The number of nitrogens with one attached hydrogen (secondary N) is 2. The van der Waals surface area contributed by atoms with E-state index in [0.717, 1.165) is 11.3 Å². The number of pyridine rings is 1. The van der Waals surface area contributed by atoms with E-state index in [1.54, 1.807) is 31.4 Å². The Hall–Kier alpha value is -3.29. The van der Waals surface area contributed by atoms with Gasteiger partial charge in [0, 0.05) is 42.4 Å². The lowest BCUT2D eigenvalue weighted by Gasteiger charge is -2.25. The molecule has 32 heavy (non-hydrogen) atoms. The summed E-state index contributed by atoms with van der Waals surface area (Å²) in [4.78, 5) is 32.0. The summed E-state index contributed by atoms with van der Waals surface area (Å²) >= 11 is 0. The third-order valence-corrected chi connectivity index (χ3v) is 5.44. The Morgan fingerprint density at radius 3 is 2.53 bits per heavy atom. The molecule has 3 amide bonds. The molecule has 8 heteroatoms. The predicted octanol–water partition coefficient (Wildman–Crippen LogP) is 2.94. The fourth-order valence-corrected chi connectivity index (χ4v) is 3.89. The van der Waals surface area contributed by atoms with Crippen LogP contribution in [0.3, 0.4) is 0 Å². The van der Waals surface area contributed by atoms with E-state index in [1.165, 1.54) is 0 Å². The Morgan fingerprint density at radius 1 is 1.12 bits per heavy atom. The van der Waals surface area contributed by atoms with Crippen LogP contribution in [-0.2, 0) is 11.3 Å². The number of carbonyl (C=O) groups is 2. The Balaban J connectivity index is 1.85. The second-order valence-corrected chi connectivity index (χ2v) is 8.94. The minimum absolute atomic E-state index is 0.121. The van der Waals surface area contributed by atoms with Crippen LogP contribution < -0.4 is 20.1 Å². The molecule has 3 rings (SSSR count). The number of rotatable bonds is 6. The Kier molecular flexibility index (Phi) is 7.22. The van der Waals surface area contributed by atoms with Crippen molar-refractivity contribution in [2.24, 2.45) is 5.92 Å². The Bertz CT molecular complexity index is 943. The lowest BCUT2D eigenvalue weighted by molar-refractivity contribution is -0.125. The first-order chi connectivity index (χ1) is 15.2. The van der Waals surface area contributed by atoms with Gasteiger partial charge in [-0.3, -0.25) is 9.78 Å². The number of carbonyl (C=O) groups excluding carboxylic acids is 2. The van der Waals surface area contributed by atoms with Crippen LogP contribution in [0.15, 0.2) is 42.6 Å². The lowest BCUT2D eigenvalue weighted by atomic mass is 9.87. The first-order valence-corrected chi connectivity index (χ1v) is 10.7. The van der Waals surface area contributed by atoms with Crippen LogP contribution in [0.5, 0.6) is 11.5 Å². The summed E-state index contributed by atoms with van der Waals surface area (Å²) in [5.74, 6) is 0.540. The first kappa shape index (κ1) is 23.4. The highest BCUT2D eigenvalue weighted by Gasteiger charge is 2.42. The number of likely N-dealkylation sites (tertiary alicyclic amines) is 1. The molecule has 2 unspecified atom stereocenters. The van der Waals surface area contributed by atoms with Crippen molar-refractivity contribution in [1.29, 1.82) is 0 Å². The van der Waals surface area contributed by atoms with Crippen LogP contribution >= 0.6 is 0 Å². The Labute approximate surface area is 189 Å².